The summed E-state index contributed by atoms with van der Waals surface area (Å²) in [6.07, 6.45) is 0. The van der Waals surface area contributed by atoms with Crippen LogP contribution in [0.1, 0.15) is 6.92 Å². The van der Waals surface area contributed by atoms with E-state index in [9.17, 15) is 14.4 Å². The van der Waals surface area contributed by atoms with Gasteiger partial charge in [-0.25, -0.2) is 0 Å². The number of amides is 2. The largest absolute Gasteiger partial charge is 0.358 e. The molecule has 0 saturated carbocycles. The number of hydrogen-bond donors (Lipinski definition) is 2. The zero-order chi connectivity index (χ0) is 10.3. The molecule has 0 spiro atoms. The molecular formula is C7H12N2O3S. The van der Waals surface area contributed by atoms with Crippen LogP contribution in [0.15, 0.2) is 0 Å². The van der Waals surface area contributed by atoms with Gasteiger partial charge in [-0.2, -0.15) is 0 Å². The predicted octanol–water partition coefficient (Wildman–Crippen LogP) is -0.872. The first-order valence-electron chi connectivity index (χ1n) is 3.67. The maximum atomic E-state index is 10.9. The summed E-state index contributed by atoms with van der Waals surface area (Å²) in [4.78, 5) is 32.0. The highest BCUT2D eigenvalue weighted by molar-refractivity contribution is 8.14. The first-order valence-corrected chi connectivity index (χ1v) is 4.65. The molecule has 0 aliphatic carbocycles. The summed E-state index contributed by atoms with van der Waals surface area (Å²) in [5.74, 6) is -0.371. The predicted molar refractivity (Wildman–Crippen MR) is 50.2 cm³/mol. The molecule has 0 rings (SSSR count). The lowest BCUT2D eigenvalue weighted by Gasteiger charge is -2.00. The molecule has 74 valence electrons. The van der Waals surface area contributed by atoms with E-state index in [-0.39, 0.29) is 29.2 Å². The second-order valence-electron chi connectivity index (χ2n) is 2.24. The quantitative estimate of drug-likeness (QED) is 0.624. The fraction of sp³-hybridized carbons (Fsp3) is 0.571. The van der Waals surface area contributed by atoms with Crippen molar-refractivity contribution in [3.63, 3.8) is 0 Å². The Morgan fingerprint density at radius 1 is 1.31 bits per heavy atom. The molecule has 0 aromatic rings. The lowest BCUT2D eigenvalue weighted by atomic mass is 10.6. The zero-order valence-corrected chi connectivity index (χ0v) is 8.36. The monoisotopic (exact) mass is 204 g/mol. The summed E-state index contributed by atoms with van der Waals surface area (Å²) >= 11 is 0.885. The number of rotatable bonds is 4. The van der Waals surface area contributed by atoms with E-state index in [1.165, 1.54) is 14.0 Å². The van der Waals surface area contributed by atoms with Crippen LogP contribution in [0, 0.1) is 0 Å². The van der Waals surface area contributed by atoms with Crippen molar-refractivity contribution < 1.29 is 14.4 Å². The minimum atomic E-state index is -0.256. The third-order valence-corrected chi connectivity index (χ3v) is 2.00. The molecular weight excluding hydrogens is 192 g/mol. The highest BCUT2D eigenvalue weighted by atomic mass is 32.2. The third kappa shape index (κ3) is 7.32. The van der Waals surface area contributed by atoms with Crippen molar-refractivity contribution >= 4 is 28.7 Å². The van der Waals surface area contributed by atoms with Gasteiger partial charge in [0.1, 0.15) is 0 Å². The lowest BCUT2D eigenvalue weighted by Crippen LogP contribution is -2.27. The molecule has 0 aliphatic rings. The standard InChI is InChI=1S/C7H12N2O3S/c1-5(10)9-3-7(12)13-4-6(11)8-2/h3-4H2,1-2H3,(H,8,11)(H,9,10). The van der Waals surface area contributed by atoms with E-state index < -0.39 is 0 Å². The van der Waals surface area contributed by atoms with Gasteiger partial charge in [0.05, 0.1) is 12.3 Å². The molecule has 2 N–H and O–H groups in total. The summed E-state index contributed by atoms with van der Waals surface area (Å²) in [5.41, 5.74) is 0. The maximum Gasteiger partial charge on any atom is 0.230 e. The Kier molecular flexibility index (Phi) is 5.96. The molecule has 2 amide bonds. The number of carbonyl (C=O) groups excluding carboxylic acids is 3. The van der Waals surface area contributed by atoms with Crippen molar-refractivity contribution in [2.75, 3.05) is 19.3 Å². The Bertz CT molecular complexity index is 218. The molecule has 0 fully saturated rings. The molecule has 0 aromatic heterocycles. The average Bonchev–Trinajstić information content (AvgIpc) is 2.10. The van der Waals surface area contributed by atoms with Gasteiger partial charge >= 0.3 is 0 Å². The van der Waals surface area contributed by atoms with Gasteiger partial charge in [-0.1, -0.05) is 11.8 Å². The van der Waals surface area contributed by atoms with Gasteiger partial charge in [0.25, 0.3) is 0 Å². The molecule has 0 aromatic carbocycles. The second kappa shape index (κ2) is 6.47. The average molecular weight is 204 g/mol. The van der Waals surface area contributed by atoms with E-state index >= 15 is 0 Å². The van der Waals surface area contributed by atoms with Crippen molar-refractivity contribution in [3.05, 3.63) is 0 Å². The van der Waals surface area contributed by atoms with Crippen LogP contribution in [0.4, 0.5) is 0 Å². The number of carbonyl (C=O) groups is 3. The lowest BCUT2D eigenvalue weighted by molar-refractivity contribution is -0.121. The summed E-state index contributed by atoms with van der Waals surface area (Å²) < 4.78 is 0. The van der Waals surface area contributed by atoms with Crippen molar-refractivity contribution in [1.82, 2.24) is 10.6 Å². The summed E-state index contributed by atoms with van der Waals surface area (Å²) in [6.45, 7) is 1.30. The fourth-order valence-electron chi connectivity index (χ4n) is 0.466. The van der Waals surface area contributed by atoms with Crippen molar-refractivity contribution in [2.24, 2.45) is 0 Å². The van der Waals surface area contributed by atoms with Crippen LogP contribution in [-0.2, 0) is 14.4 Å². The highest BCUT2D eigenvalue weighted by Crippen LogP contribution is 1.99. The first kappa shape index (κ1) is 12.0. The van der Waals surface area contributed by atoms with Gasteiger partial charge in [-0.3, -0.25) is 14.4 Å². The van der Waals surface area contributed by atoms with Gasteiger partial charge in [-0.15, -0.1) is 0 Å². The van der Waals surface area contributed by atoms with Gasteiger partial charge in [0.15, 0.2) is 0 Å². The molecule has 0 unspecified atom stereocenters. The van der Waals surface area contributed by atoms with E-state index in [4.69, 9.17) is 0 Å². The van der Waals surface area contributed by atoms with E-state index in [0.29, 0.717) is 0 Å². The van der Waals surface area contributed by atoms with E-state index in [1.54, 1.807) is 0 Å². The van der Waals surface area contributed by atoms with Crippen LogP contribution in [-0.4, -0.2) is 36.3 Å². The van der Waals surface area contributed by atoms with Crippen LogP contribution in [0.25, 0.3) is 0 Å². The molecule has 13 heavy (non-hydrogen) atoms. The second-order valence-corrected chi connectivity index (χ2v) is 3.28. The summed E-state index contributed by atoms with van der Waals surface area (Å²) in [7, 11) is 1.50. The summed E-state index contributed by atoms with van der Waals surface area (Å²) in [5, 5.41) is 4.51. The molecule has 5 nitrogen and oxygen atoms in total. The molecule has 0 bridgehead atoms. The van der Waals surface area contributed by atoms with Crippen LogP contribution < -0.4 is 10.6 Å². The molecule has 0 atom stereocenters. The van der Waals surface area contributed by atoms with Crippen LogP contribution in [0.5, 0.6) is 0 Å². The Balaban J connectivity index is 3.52. The number of thioether (sulfide) groups is 1. The van der Waals surface area contributed by atoms with Crippen molar-refractivity contribution in [2.45, 2.75) is 6.92 Å². The minimum Gasteiger partial charge on any atom is -0.358 e. The van der Waals surface area contributed by atoms with Gasteiger partial charge < -0.3 is 10.6 Å². The fourth-order valence-corrected chi connectivity index (χ4v) is 1.08. The third-order valence-electron chi connectivity index (χ3n) is 1.12. The molecule has 6 heteroatoms. The molecule has 0 heterocycles. The molecule has 0 aliphatic heterocycles. The Morgan fingerprint density at radius 3 is 2.38 bits per heavy atom. The van der Waals surface area contributed by atoms with Crippen LogP contribution in [0.3, 0.4) is 0 Å². The Labute approximate surface area is 80.6 Å². The van der Waals surface area contributed by atoms with Crippen LogP contribution in [0.2, 0.25) is 0 Å². The number of nitrogens with one attached hydrogen (secondary N) is 2. The first-order chi connectivity index (χ1) is 6.06. The topological polar surface area (TPSA) is 75.3 Å². The Hall–Kier alpha value is -1.04. The summed E-state index contributed by atoms with van der Waals surface area (Å²) in [6, 6.07) is 0. The Morgan fingerprint density at radius 2 is 1.92 bits per heavy atom. The van der Waals surface area contributed by atoms with Gasteiger partial charge in [0.2, 0.25) is 16.9 Å². The van der Waals surface area contributed by atoms with E-state index in [0.717, 1.165) is 11.8 Å². The maximum absolute atomic E-state index is 10.9. The van der Waals surface area contributed by atoms with Gasteiger partial charge in [-0.05, 0) is 0 Å². The smallest absolute Gasteiger partial charge is 0.230 e. The molecule has 0 radical (unpaired) electrons. The minimum absolute atomic E-state index is 0.0308. The van der Waals surface area contributed by atoms with E-state index in [2.05, 4.69) is 10.6 Å². The van der Waals surface area contributed by atoms with Crippen molar-refractivity contribution in [3.8, 4) is 0 Å². The van der Waals surface area contributed by atoms with E-state index in [1.807, 2.05) is 0 Å². The van der Waals surface area contributed by atoms with Crippen molar-refractivity contribution in [1.29, 1.82) is 0 Å². The zero-order valence-electron chi connectivity index (χ0n) is 7.55. The normalized spacial score (nSPS) is 9.08. The highest BCUT2D eigenvalue weighted by Gasteiger charge is 2.06. The number of hydrogen-bond acceptors (Lipinski definition) is 4. The van der Waals surface area contributed by atoms with Crippen LogP contribution >= 0.6 is 11.8 Å². The molecule has 0 saturated heterocycles. The van der Waals surface area contributed by atoms with Gasteiger partial charge in [0, 0.05) is 14.0 Å². The SMILES string of the molecule is CNC(=O)CSC(=O)CNC(C)=O.